The first-order chi connectivity index (χ1) is 12.8. The molecule has 0 aliphatic carbocycles. The number of amides is 1. The number of hydrogen-bond acceptors (Lipinski definition) is 5. The van der Waals surface area contributed by atoms with Crippen molar-refractivity contribution < 1.29 is 18.0 Å². The number of carbonyl (C=O) groups excluding carboxylic acids is 1. The van der Waals surface area contributed by atoms with Crippen molar-refractivity contribution in [2.24, 2.45) is 0 Å². The average Bonchev–Trinajstić information content (AvgIpc) is 3.03. The molecule has 27 heavy (non-hydrogen) atoms. The monoisotopic (exact) mass is 411 g/mol. The highest BCUT2D eigenvalue weighted by Crippen LogP contribution is 2.33. The van der Waals surface area contributed by atoms with Gasteiger partial charge in [-0.2, -0.15) is 18.4 Å². The molecule has 0 saturated heterocycles. The molecule has 0 atom stereocenters. The van der Waals surface area contributed by atoms with Crippen LogP contribution in [0.5, 0.6) is 0 Å². The first kappa shape index (κ1) is 19.0. The molecule has 11 heteroatoms. The quantitative estimate of drug-likeness (QED) is 0.656. The average molecular weight is 412 g/mol. The van der Waals surface area contributed by atoms with Gasteiger partial charge in [-0.05, 0) is 24.3 Å². The number of nitrogens with zero attached hydrogens (tertiary/aromatic N) is 4. The van der Waals surface area contributed by atoms with Crippen LogP contribution in [0.25, 0.3) is 5.65 Å². The van der Waals surface area contributed by atoms with Crippen LogP contribution in [0.15, 0.2) is 41.7 Å². The van der Waals surface area contributed by atoms with E-state index >= 15 is 0 Å². The zero-order valence-corrected chi connectivity index (χ0v) is 14.9. The highest BCUT2D eigenvalue weighted by molar-refractivity contribution is 7.99. The Morgan fingerprint density at radius 1 is 1.33 bits per heavy atom. The molecule has 2 aromatic heterocycles. The first-order valence-electron chi connectivity index (χ1n) is 7.32. The molecule has 0 spiro atoms. The molecule has 2 heterocycles. The third-order valence-electron chi connectivity index (χ3n) is 3.36. The van der Waals surface area contributed by atoms with Gasteiger partial charge >= 0.3 is 6.18 Å². The van der Waals surface area contributed by atoms with Crippen molar-refractivity contribution in [1.82, 2.24) is 14.6 Å². The fourth-order valence-corrected chi connectivity index (χ4v) is 3.14. The Morgan fingerprint density at radius 2 is 2.11 bits per heavy atom. The van der Waals surface area contributed by atoms with E-state index in [0.717, 1.165) is 28.4 Å². The lowest BCUT2D eigenvalue weighted by molar-refractivity contribution is -0.137. The Kier molecular flexibility index (Phi) is 5.25. The van der Waals surface area contributed by atoms with E-state index in [9.17, 15) is 18.0 Å². The van der Waals surface area contributed by atoms with Crippen LogP contribution in [-0.4, -0.2) is 26.3 Å². The summed E-state index contributed by atoms with van der Waals surface area (Å²) in [6.07, 6.45) is -3.75. The molecular weight excluding hydrogens is 403 g/mol. The van der Waals surface area contributed by atoms with Crippen LogP contribution in [-0.2, 0) is 11.0 Å². The van der Waals surface area contributed by atoms with Crippen molar-refractivity contribution in [3.8, 4) is 6.07 Å². The van der Waals surface area contributed by atoms with Gasteiger partial charge in [0.1, 0.15) is 0 Å². The highest BCUT2D eigenvalue weighted by Gasteiger charge is 2.32. The van der Waals surface area contributed by atoms with Gasteiger partial charge in [-0.1, -0.05) is 29.4 Å². The van der Waals surface area contributed by atoms with Crippen molar-refractivity contribution in [2.75, 3.05) is 11.1 Å². The molecule has 3 aromatic rings. The Hall–Kier alpha value is -2.77. The van der Waals surface area contributed by atoms with E-state index in [0.29, 0.717) is 11.3 Å². The maximum Gasteiger partial charge on any atom is 0.417 e. The van der Waals surface area contributed by atoms with Gasteiger partial charge in [-0.3, -0.25) is 9.20 Å². The van der Waals surface area contributed by atoms with Crippen molar-refractivity contribution in [3.05, 3.63) is 52.7 Å². The molecular formula is C16H9ClF3N5OS. The molecule has 0 saturated carbocycles. The third kappa shape index (κ3) is 4.32. The zero-order valence-electron chi connectivity index (χ0n) is 13.3. The molecule has 0 aliphatic rings. The lowest BCUT2D eigenvalue weighted by atomic mass is 10.2. The topological polar surface area (TPSA) is 83.1 Å². The predicted octanol–water partition coefficient (Wildman–Crippen LogP) is 4.00. The van der Waals surface area contributed by atoms with E-state index in [2.05, 4.69) is 15.5 Å². The second-order valence-electron chi connectivity index (χ2n) is 5.28. The van der Waals surface area contributed by atoms with E-state index < -0.39 is 17.6 Å². The SMILES string of the molecule is N#Cc1cccc(NC(=O)CSc2nnc3c(Cl)cc(C(F)(F)F)cn23)c1. The summed E-state index contributed by atoms with van der Waals surface area (Å²) < 4.78 is 39.9. The molecule has 0 fully saturated rings. The smallest absolute Gasteiger partial charge is 0.325 e. The van der Waals surface area contributed by atoms with Crippen LogP contribution < -0.4 is 5.32 Å². The van der Waals surface area contributed by atoms with E-state index in [-0.39, 0.29) is 21.6 Å². The minimum absolute atomic E-state index is 0.0642. The van der Waals surface area contributed by atoms with Crippen molar-refractivity contribution in [3.63, 3.8) is 0 Å². The highest BCUT2D eigenvalue weighted by atomic mass is 35.5. The lowest BCUT2D eigenvalue weighted by Gasteiger charge is -2.09. The Morgan fingerprint density at radius 3 is 2.81 bits per heavy atom. The summed E-state index contributed by atoms with van der Waals surface area (Å²) >= 11 is 6.75. The second kappa shape index (κ2) is 7.46. The molecule has 0 radical (unpaired) electrons. The van der Waals surface area contributed by atoms with E-state index in [4.69, 9.17) is 16.9 Å². The Balaban J connectivity index is 1.76. The summed E-state index contributed by atoms with van der Waals surface area (Å²) in [6.45, 7) is 0. The maximum absolute atomic E-state index is 12.9. The summed E-state index contributed by atoms with van der Waals surface area (Å²) in [7, 11) is 0. The summed E-state index contributed by atoms with van der Waals surface area (Å²) in [5, 5.41) is 18.9. The van der Waals surface area contributed by atoms with Crippen molar-refractivity contribution in [1.29, 1.82) is 5.26 Å². The Labute approximate surface area is 160 Å². The fourth-order valence-electron chi connectivity index (χ4n) is 2.18. The maximum atomic E-state index is 12.9. The number of thioether (sulfide) groups is 1. The molecule has 0 aliphatic heterocycles. The molecule has 138 valence electrons. The van der Waals surface area contributed by atoms with E-state index in [1.807, 2.05) is 6.07 Å². The summed E-state index contributed by atoms with van der Waals surface area (Å²) in [5.41, 5.74) is -0.0555. The van der Waals surface area contributed by atoms with E-state index in [1.165, 1.54) is 6.07 Å². The number of nitrogens with one attached hydrogen (secondary N) is 1. The van der Waals surface area contributed by atoms with Gasteiger partial charge in [0.15, 0.2) is 10.8 Å². The summed E-state index contributed by atoms with van der Waals surface area (Å²) in [5.74, 6) is -0.532. The third-order valence-corrected chi connectivity index (χ3v) is 4.58. The molecule has 6 nitrogen and oxygen atoms in total. The van der Waals surface area contributed by atoms with Gasteiger partial charge < -0.3 is 5.32 Å². The van der Waals surface area contributed by atoms with Crippen molar-refractivity contribution in [2.45, 2.75) is 11.3 Å². The second-order valence-corrected chi connectivity index (χ2v) is 6.63. The molecule has 0 unspecified atom stereocenters. The predicted molar refractivity (Wildman–Crippen MR) is 93.5 cm³/mol. The number of rotatable bonds is 4. The fraction of sp³-hybridized carbons (Fsp3) is 0.125. The normalized spacial score (nSPS) is 11.4. The molecule has 1 N–H and O–H groups in total. The number of hydrogen-bond donors (Lipinski definition) is 1. The summed E-state index contributed by atoms with van der Waals surface area (Å²) in [6, 6.07) is 9.06. The van der Waals surface area contributed by atoms with E-state index in [1.54, 1.807) is 18.2 Å². The molecule has 3 rings (SSSR count). The Bertz CT molecular complexity index is 1060. The standard InChI is InChI=1S/C16H9ClF3N5OS/c17-12-5-10(16(18,19)20)7-25-14(12)23-24-15(25)27-8-13(26)22-11-3-1-2-9(4-11)6-21/h1-5,7H,8H2,(H,22,26). The van der Waals surface area contributed by atoms with Crippen LogP contribution in [0, 0.1) is 11.3 Å². The number of halogens is 4. The molecule has 0 bridgehead atoms. The van der Waals surface area contributed by atoms with Gasteiger partial charge in [0, 0.05) is 11.9 Å². The molecule has 1 aromatic carbocycles. The number of aromatic nitrogens is 3. The van der Waals surface area contributed by atoms with Gasteiger partial charge in [0.25, 0.3) is 0 Å². The van der Waals surface area contributed by atoms with Crippen LogP contribution in [0.1, 0.15) is 11.1 Å². The van der Waals surface area contributed by atoms with Crippen LogP contribution >= 0.6 is 23.4 Å². The minimum Gasteiger partial charge on any atom is -0.325 e. The largest absolute Gasteiger partial charge is 0.417 e. The first-order valence-corrected chi connectivity index (χ1v) is 8.68. The van der Waals surface area contributed by atoms with Crippen molar-refractivity contribution >= 4 is 40.6 Å². The summed E-state index contributed by atoms with van der Waals surface area (Å²) in [4.78, 5) is 12.1. The number of fused-ring (bicyclic) bond motifs is 1. The number of anilines is 1. The number of nitriles is 1. The number of benzene rings is 1. The minimum atomic E-state index is -4.58. The number of pyridine rings is 1. The van der Waals surface area contributed by atoms with Crippen LogP contribution in [0.2, 0.25) is 5.02 Å². The number of carbonyl (C=O) groups is 1. The molecule has 1 amide bonds. The van der Waals surface area contributed by atoms with Gasteiger partial charge in [-0.15, -0.1) is 10.2 Å². The van der Waals surface area contributed by atoms with Gasteiger partial charge in [0.2, 0.25) is 5.91 Å². The van der Waals surface area contributed by atoms with Crippen LogP contribution in [0.3, 0.4) is 0 Å². The van der Waals surface area contributed by atoms with Gasteiger partial charge in [0.05, 0.1) is 28.0 Å². The van der Waals surface area contributed by atoms with Crippen LogP contribution in [0.4, 0.5) is 18.9 Å². The number of alkyl halides is 3. The lowest BCUT2D eigenvalue weighted by Crippen LogP contribution is -2.14. The van der Waals surface area contributed by atoms with Gasteiger partial charge in [-0.25, -0.2) is 0 Å². The zero-order chi connectivity index (χ0) is 19.6.